The molecule has 2 N–H and O–H groups in total. The Morgan fingerprint density at radius 2 is 1.58 bits per heavy atom. The molecule has 6 nitrogen and oxygen atoms in total. The zero-order chi connectivity index (χ0) is 17.9. The number of aliphatic hydroxyl groups is 2. The maximum absolute atomic E-state index is 10.5. The molecular weight excluding hydrogens is 336 g/mol. The topological polar surface area (TPSA) is 77.4 Å². The van der Waals surface area contributed by atoms with Gasteiger partial charge in [-0.1, -0.05) is 60.7 Å². The Hall–Kier alpha value is -1.80. The number of fused-ring (bicyclic) bond motifs is 1. The van der Waals surface area contributed by atoms with Gasteiger partial charge in [0.15, 0.2) is 12.6 Å². The molecule has 4 rings (SSSR count). The van der Waals surface area contributed by atoms with Gasteiger partial charge >= 0.3 is 0 Å². The second-order valence-electron chi connectivity index (χ2n) is 6.50. The highest BCUT2D eigenvalue weighted by Gasteiger charge is 2.49. The third-order valence-electron chi connectivity index (χ3n) is 4.66. The van der Waals surface area contributed by atoms with Gasteiger partial charge in [-0.3, -0.25) is 0 Å². The summed E-state index contributed by atoms with van der Waals surface area (Å²) in [6.45, 7) is 0.528. The van der Waals surface area contributed by atoms with Crippen molar-refractivity contribution in [3.8, 4) is 0 Å². The summed E-state index contributed by atoms with van der Waals surface area (Å²) < 4.78 is 23.1. The molecule has 2 aliphatic rings. The fourth-order valence-electron chi connectivity index (χ4n) is 3.25. The molecule has 138 valence electrons. The van der Waals surface area contributed by atoms with Crippen LogP contribution in [0.25, 0.3) is 0 Å². The lowest BCUT2D eigenvalue weighted by Gasteiger charge is -2.46. The van der Waals surface area contributed by atoms with Gasteiger partial charge in [0.1, 0.15) is 24.4 Å². The van der Waals surface area contributed by atoms with Crippen LogP contribution >= 0.6 is 0 Å². The maximum atomic E-state index is 10.5. The average Bonchev–Trinajstić information content (AvgIpc) is 2.71. The minimum Gasteiger partial charge on any atom is -0.387 e. The van der Waals surface area contributed by atoms with Gasteiger partial charge in [-0.15, -0.1) is 0 Å². The fraction of sp³-hybridized carbons (Fsp3) is 0.400. The average molecular weight is 358 g/mol. The molecule has 1 unspecified atom stereocenters. The summed E-state index contributed by atoms with van der Waals surface area (Å²) in [4.78, 5) is 0. The van der Waals surface area contributed by atoms with E-state index < -0.39 is 37.0 Å². The Kier molecular flexibility index (Phi) is 5.31. The Morgan fingerprint density at radius 1 is 0.885 bits per heavy atom. The van der Waals surface area contributed by atoms with E-state index in [9.17, 15) is 10.2 Å². The minimum absolute atomic E-state index is 0.249. The highest BCUT2D eigenvalue weighted by atomic mass is 16.8. The zero-order valence-corrected chi connectivity index (χ0v) is 14.2. The zero-order valence-electron chi connectivity index (χ0n) is 14.2. The Morgan fingerprint density at radius 3 is 2.31 bits per heavy atom. The van der Waals surface area contributed by atoms with Gasteiger partial charge in [0, 0.05) is 5.56 Å². The first-order valence-electron chi connectivity index (χ1n) is 8.71. The van der Waals surface area contributed by atoms with E-state index in [2.05, 4.69) is 0 Å². The molecule has 0 bridgehead atoms. The van der Waals surface area contributed by atoms with Crippen molar-refractivity contribution in [2.45, 2.75) is 43.6 Å². The third kappa shape index (κ3) is 3.66. The quantitative estimate of drug-likeness (QED) is 0.867. The molecule has 0 aliphatic carbocycles. The van der Waals surface area contributed by atoms with Crippen molar-refractivity contribution >= 4 is 0 Å². The van der Waals surface area contributed by atoms with Gasteiger partial charge in [-0.25, -0.2) is 0 Å². The van der Waals surface area contributed by atoms with E-state index in [1.54, 1.807) is 0 Å². The van der Waals surface area contributed by atoms with Crippen molar-refractivity contribution in [1.29, 1.82) is 0 Å². The van der Waals surface area contributed by atoms with Crippen LogP contribution in [0, 0.1) is 0 Å². The summed E-state index contributed by atoms with van der Waals surface area (Å²) in [5, 5.41) is 20.9. The third-order valence-corrected chi connectivity index (χ3v) is 4.66. The molecule has 0 aromatic heterocycles. The summed E-state index contributed by atoms with van der Waals surface area (Å²) >= 11 is 0. The van der Waals surface area contributed by atoms with E-state index in [1.807, 2.05) is 60.7 Å². The van der Waals surface area contributed by atoms with Gasteiger partial charge in [-0.2, -0.15) is 0 Å². The van der Waals surface area contributed by atoms with Crippen molar-refractivity contribution in [3.63, 3.8) is 0 Å². The molecule has 0 spiro atoms. The summed E-state index contributed by atoms with van der Waals surface area (Å²) in [5.74, 6) is 0. The van der Waals surface area contributed by atoms with Crippen LogP contribution < -0.4 is 0 Å². The molecule has 2 aliphatic heterocycles. The molecule has 26 heavy (non-hydrogen) atoms. The van der Waals surface area contributed by atoms with Gasteiger partial charge in [0.05, 0.1) is 13.2 Å². The number of hydrogen-bond acceptors (Lipinski definition) is 6. The monoisotopic (exact) mass is 358 g/mol. The molecule has 2 heterocycles. The summed E-state index contributed by atoms with van der Waals surface area (Å²) in [7, 11) is 0. The molecule has 0 saturated carbocycles. The first-order valence-corrected chi connectivity index (χ1v) is 8.71. The molecule has 0 radical (unpaired) electrons. The largest absolute Gasteiger partial charge is 0.387 e. The number of ether oxygens (including phenoxy) is 4. The van der Waals surface area contributed by atoms with E-state index >= 15 is 0 Å². The van der Waals surface area contributed by atoms with Crippen LogP contribution in [-0.4, -0.2) is 47.5 Å². The predicted molar refractivity (Wildman–Crippen MR) is 91.9 cm³/mol. The lowest BCUT2D eigenvalue weighted by molar-refractivity contribution is -0.362. The van der Waals surface area contributed by atoms with Crippen LogP contribution in [-0.2, 0) is 25.6 Å². The number of benzene rings is 2. The van der Waals surface area contributed by atoms with Crippen LogP contribution in [0.1, 0.15) is 17.4 Å². The van der Waals surface area contributed by atoms with E-state index in [4.69, 9.17) is 18.9 Å². The summed E-state index contributed by atoms with van der Waals surface area (Å²) in [6.07, 6.45) is -5.04. The van der Waals surface area contributed by atoms with Crippen LogP contribution in [0.15, 0.2) is 60.7 Å². The first kappa shape index (κ1) is 17.6. The Labute approximate surface area is 151 Å². The van der Waals surface area contributed by atoms with E-state index in [0.717, 1.165) is 11.1 Å². The molecule has 0 amide bonds. The van der Waals surface area contributed by atoms with Crippen molar-refractivity contribution in [3.05, 3.63) is 71.8 Å². The Bertz CT molecular complexity index is 692. The van der Waals surface area contributed by atoms with Crippen molar-refractivity contribution in [2.24, 2.45) is 0 Å². The number of rotatable bonds is 4. The predicted octanol–water partition coefficient (Wildman–Crippen LogP) is 1.76. The highest BCUT2D eigenvalue weighted by Crippen LogP contribution is 2.34. The highest BCUT2D eigenvalue weighted by molar-refractivity contribution is 5.17. The van der Waals surface area contributed by atoms with Crippen LogP contribution in [0.2, 0.25) is 0 Å². The normalized spacial score (nSPS) is 34.2. The van der Waals surface area contributed by atoms with Gasteiger partial charge in [0.25, 0.3) is 0 Å². The van der Waals surface area contributed by atoms with Gasteiger partial charge in [-0.05, 0) is 5.56 Å². The Balaban J connectivity index is 1.40. The smallest absolute Gasteiger partial charge is 0.187 e. The first-order chi connectivity index (χ1) is 12.7. The van der Waals surface area contributed by atoms with E-state index in [1.165, 1.54) is 0 Å². The number of aliphatic hydroxyl groups excluding tert-OH is 2. The summed E-state index contributed by atoms with van der Waals surface area (Å²) in [5.41, 5.74) is 1.82. The van der Waals surface area contributed by atoms with E-state index in [0.29, 0.717) is 0 Å². The van der Waals surface area contributed by atoms with Crippen LogP contribution in [0.5, 0.6) is 0 Å². The molecule has 6 atom stereocenters. The summed E-state index contributed by atoms with van der Waals surface area (Å²) in [6, 6.07) is 19.1. The molecule has 2 aromatic rings. The van der Waals surface area contributed by atoms with Crippen molar-refractivity contribution in [2.75, 3.05) is 6.61 Å². The standard InChI is InChI=1S/C20H22O6/c21-16-17(22)20(23-11-13-7-3-1-4-8-13)25-15-12-24-19(26-18(15)16)14-9-5-2-6-10-14/h1-10,15-22H,11-12H2/t15-,16-,17-,18+,19?,20+/m1/s1. The van der Waals surface area contributed by atoms with Crippen LogP contribution in [0.3, 0.4) is 0 Å². The SMILES string of the molecule is O[C@@H]1[C@@H](O)[C@@H](OCc2ccccc2)O[C@@H]2COC(c3ccccc3)O[C@H]12. The lowest BCUT2D eigenvalue weighted by atomic mass is 9.98. The molecule has 2 aromatic carbocycles. The molecule has 2 fully saturated rings. The molecule has 2 saturated heterocycles. The number of hydrogen-bond donors (Lipinski definition) is 2. The molecular formula is C20H22O6. The fourth-order valence-corrected chi connectivity index (χ4v) is 3.25. The van der Waals surface area contributed by atoms with Crippen LogP contribution in [0.4, 0.5) is 0 Å². The van der Waals surface area contributed by atoms with Crippen molar-refractivity contribution in [1.82, 2.24) is 0 Å². The van der Waals surface area contributed by atoms with Crippen molar-refractivity contribution < 1.29 is 29.2 Å². The van der Waals surface area contributed by atoms with Gasteiger partial charge < -0.3 is 29.2 Å². The second-order valence-corrected chi connectivity index (χ2v) is 6.50. The lowest BCUT2D eigenvalue weighted by Crippen LogP contribution is -2.62. The minimum atomic E-state index is -1.20. The second kappa shape index (κ2) is 7.84. The van der Waals surface area contributed by atoms with E-state index in [-0.39, 0.29) is 13.2 Å². The van der Waals surface area contributed by atoms with Gasteiger partial charge in [0.2, 0.25) is 0 Å². The maximum Gasteiger partial charge on any atom is 0.187 e. The molecule has 6 heteroatoms.